The van der Waals surface area contributed by atoms with E-state index < -0.39 is 5.51 Å². The molecule has 1 N–H and O–H groups in total. The first-order chi connectivity index (χ1) is 9.83. The van der Waals surface area contributed by atoms with Crippen molar-refractivity contribution in [2.75, 3.05) is 5.32 Å². The molecule has 0 amide bonds. The summed E-state index contributed by atoms with van der Waals surface area (Å²) in [7, 11) is 0. The van der Waals surface area contributed by atoms with Crippen molar-refractivity contribution in [2.45, 2.75) is 16.9 Å². The standard InChI is InChI=1S/C13H9Br2F3N2S/c14-8-5-11(15)12(20-6-8)7-19-9-1-3-10(4-2-9)21-13(16,17)18/h1-6,19H,7H2. The van der Waals surface area contributed by atoms with Crippen molar-refractivity contribution in [3.05, 3.63) is 51.2 Å². The number of alkyl halides is 3. The van der Waals surface area contributed by atoms with Crippen molar-refractivity contribution in [3.63, 3.8) is 0 Å². The second kappa shape index (κ2) is 7.02. The lowest BCUT2D eigenvalue weighted by Crippen LogP contribution is -2.03. The highest BCUT2D eigenvalue weighted by atomic mass is 79.9. The third-order valence-electron chi connectivity index (χ3n) is 2.43. The summed E-state index contributed by atoms with van der Waals surface area (Å²) >= 11 is 6.60. The molecule has 0 aliphatic rings. The Balaban J connectivity index is 1.97. The number of nitrogens with zero attached hydrogens (tertiary/aromatic N) is 1. The molecule has 0 fully saturated rings. The Morgan fingerprint density at radius 1 is 1.14 bits per heavy atom. The molecule has 1 heterocycles. The monoisotopic (exact) mass is 440 g/mol. The first kappa shape index (κ1) is 16.6. The molecule has 2 rings (SSSR count). The molecule has 0 saturated carbocycles. The van der Waals surface area contributed by atoms with Gasteiger partial charge in [0.25, 0.3) is 0 Å². The Labute approximate surface area is 140 Å². The average Bonchev–Trinajstić information content (AvgIpc) is 2.38. The maximum Gasteiger partial charge on any atom is 0.446 e. The van der Waals surface area contributed by atoms with Crippen molar-refractivity contribution in [3.8, 4) is 0 Å². The highest BCUT2D eigenvalue weighted by molar-refractivity contribution is 9.11. The van der Waals surface area contributed by atoms with Gasteiger partial charge in [0.1, 0.15) is 0 Å². The van der Waals surface area contributed by atoms with Gasteiger partial charge in [-0.2, -0.15) is 13.2 Å². The Bertz CT molecular complexity index is 618. The maximum atomic E-state index is 12.2. The van der Waals surface area contributed by atoms with Crippen LogP contribution in [0.1, 0.15) is 5.69 Å². The predicted molar refractivity (Wildman–Crippen MR) is 85.3 cm³/mol. The van der Waals surface area contributed by atoms with Gasteiger partial charge in [0.2, 0.25) is 0 Å². The number of rotatable bonds is 4. The van der Waals surface area contributed by atoms with Crippen LogP contribution in [0.4, 0.5) is 18.9 Å². The summed E-state index contributed by atoms with van der Waals surface area (Å²) in [5.41, 5.74) is -2.72. The minimum atomic E-state index is -4.26. The minimum Gasteiger partial charge on any atom is -0.379 e. The number of anilines is 1. The van der Waals surface area contributed by atoms with Crippen molar-refractivity contribution < 1.29 is 13.2 Å². The van der Waals surface area contributed by atoms with E-state index in [1.54, 1.807) is 18.3 Å². The van der Waals surface area contributed by atoms with E-state index >= 15 is 0 Å². The second-order valence-corrected chi connectivity index (χ2v) is 6.92. The Hall–Kier alpha value is -0.730. The van der Waals surface area contributed by atoms with Crippen LogP contribution >= 0.6 is 43.6 Å². The van der Waals surface area contributed by atoms with Crippen molar-refractivity contribution in [1.29, 1.82) is 0 Å². The SMILES string of the molecule is FC(F)(F)Sc1ccc(NCc2ncc(Br)cc2Br)cc1. The lowest BCUT2D eigenvalue weighted by Gasteiger charge is -2.09. The maximum absolute atomic E-state index is 12.2. The Morgan fingerprint density at radius 3 is 2.38 bits per heavy atom. The predicted octanol–water partition coefficient (Wildman–Crippen LogP) is 5.83. The normalized spacial score (nSPS) is 11.5. The molecule has 0 spiro atoms. The molecule has 0 aliphatic carbocycles. The van der Waals surface area contributed by atoms with E-state index in [4.69, 9.17) is 0 Å². The van der Waals surface area contributed by atoms with Crippen LogP contribution in [-0.4, -0.2) is 10.5 Å². The van der Waals surface area contributed by atoms with E-state index in [2.05, 4.69) is 42.2 Å². The number of thioether (sulfide) groups is 1. The molecule has 0 bridgehead atoms. The summed E-state index contributed by atoms with van der Waals surface area (Å²) in [6.07, 6.45) is 1.69. The smallest absolute Gasteiger partial charge is 0.379 e. The van der Waals surface area contributed by atoms with E-state index in [9.17, 15) is 13.2 Å². The van der Waals surface area contributed by atoms with Crippen molar-refractivity contribution in [1.82, 2.24) is 4.98 Å². The lowest BCUT2D eigenvalue weighted by molar-refractivity contribution is -0.0328. The second-order valence-electron chi connectivity index (χ2n) is 4.01. The van der Waals surface area contributed by atoms with E-state index in [1.165, 1.54) is 12.1 Å². The number of benzene rings is 1. The number of nitrogens with one attached hydrogen (secondary N) is 1. The van der Waals surface area contributed by atoms with Gasteiger partial charge in [-0.05, 0) is 74.0 Å². The molecule has 21 heavy (non-hydrogen) atoms. The molecule has 2 aromatic rings. The summed E-state index contributed by atoms with van der Waals surface area (Å²) in [6, 6.07) is 7.98. The molecule has 0 saturated heterocycles. The van der Waals surface area contributed by atoms with E-state index in [1.807, 2.05) is 6.07 Å². The van der Waals surface area contributed by atoms with Crippen LogP contribution in [0.3, 0.4) is 0 Å². The molecule has 112 valence electrons. The van der Waals surface area contributed by atoms with E-state index in [-0.39, 0.29) is 16.7 Å². The number of hydrogen-bond donors (Lipinski definition) is 1. The molecule has 0 radical (unpaired) electrons. The quantitative estimate of drug-likeness (QED) is 0.604. The summed E-state index contributed by atoms with van der Waals surface area (Å²) in [4.78, 5) is 4.41. The average molecular weight is 442 g/mol. The van der Waals surface area contributed by atoms with Gasteiger partial charge in [0.15, 0.2) is 0 Å². The van der Waals surface area contributed by atoms with Crippen LogP contribution in [0.25, 0.3) is 0 Å². The number of aromatic nitrogens is 1. The molecule has 1 aromatic carbocycles. The number of hydrogen-bond acceptors (Lipinski definition) is 3. The van der Waals surface area contributed by atoms with Gasteiger partial charge in [-0.15, -0.1) is 0 Å². The minimum absolute atomic E-state index is 0.125. The molecule has 0 aliphatic heterocycles. The molecular weight excluding hydrogens is 433 g/mol. The fourth-order valence-electron chi connectivity index (χ4n) is 1.53. The van der Waals surface area contributed by atoms with Crippen LogP contribution < -0.4 is 5.32 Å². The van der Waals surface area contributed by atoms with Crippen LogP contribution in [0.15, 0.2) is 50.4 Å². The molecular formula is C13H9Br2F3N2S. The molecule has 0 atom stereocenters. The highest BCUT2D eigenvalue weighted by Crippen LogP contribution is 2.37. The first-order valence-electron chi connectivity index (χ1n) is 5.73. The summed E-state index contributed by atoms with van der Waals surface area (Å²) < 4.78 is 38.4. The van der Waals surface area contributed by atoms with Gasteiger partial charge in [-0.25, -0.2) is 0 Å². The van der Waals surface area contributed by atoms with E-state index in [0.29, 0.717) is 6.54 Å². The number of halogens is 5. The third kappa shape index (κ3) is 5.52. The first-order valence-corrected chi connectivity index (χ1v) is 8.13. The highest BCUT2D eigenvalue weighted by Gasteiger charge is 2.28. The van der Waals surface area contributed by atoms with Gasteiger partial charge in [-0.3, -0.25) is 4.98 Å². The van der Waals surface area contributed by atoms with Crippen LogP contribution in [0.2, 0.25) is 0 Å². The fraction of sp³-hybridized carbons (Fsp3) is 0.154. The number of pyridine rings is 1. The topological polar surface area (TPSA) is 24.9 Å². The lowest BCUT2D eigenvalue weighted by atomic mass is 10.3. The van der Waals surface area contributed by atoms with E-state index in [0.717, 1.165) is 20.3 Å². The summed E-state index contributed by atoms with van der Waals surface area (Å²) in [6.45, 7) is 0.472. The summed E-state index contributed by atoms with van der Waals surface area (Å²) in [5.74, 6) is 0. The van der Waals surface area contributed by atoms with Crippen LogP contribution in [-0.2, 0) is 6.54 Å². The van der Waals surface area contributed by atoms with Gasteiger partial charge >= 0.3 is 5.51 Å². The molecule has 1 aromatic heterocycles. The van der Waals surface area contributed by atoms with Crippen molar-refractivity contribution in [2.24, 2.45) is 0 Å². The largest absolute Gasteiger partial charge is 0.446 e. The third-order valence-corrected chi connectivity index (χ3v) is 4.29. The molecule has 2 nitrogen and oxygen atoms in total. The zero-order chi connectivity index (χ0) is 15.5. The molecule has 8 heteroatoms. The Morgan fingerprint density at radius 2 is 1.81 bits per heavy atom. The van der Waals surface area contributed by atoms with Gasteiger partial charge in [-0.1, -0.05) is 0 Å². The zero-order valence-corrected chi connectivity index (χ0v) is 14.4. The zero-order valence-electron chi connectivity index (χ0n) is 10.4. The van der Waals surface area contributed by atoms with Gasteiger partial charge in [0.05, 0.1) is 12.2 Å². The van der Waals surface area contributed by atoms with Crippen molar-refractivity contribution >= 4 is 49.3 Å². The molecule has 0 unspecified atom stereocenters. The van der Waals surface area contributed by atoms with Crippen LogP contribution in [0.5, 0.6) is 0 Å². The fourth-order valence-corrected chi connectivity index (χ4v) is 3.20. The Kier molecular flexibility index (Phi) is 5.56. The summed E-state index contributed by atoms with van der Waals surface area (Å²) in [5, 5.41) is 3.11. The van der Waals surface area contributed by atoms with Gasteiger partial charge in [0, 0.05) is 25.7 Å². The van der Waals surface area contributed by atoms with Crippen LogP contribution in [0, 0.1) is 0 Å². The van der Waals surface area contributed by atoms with Gasteiger partial charge < -0.3 is 5.32 Å².